The third kappa shape index (κ3) is 5.21. The number of anilines is 1. The van der Waals surface area contributed by atoms with Gasteiger partial charge in [-0.15, -0.1) is 0 Å². The highest BCUT2D eigenvalue weighted by Gasteiger charge is 2.32. The molecule has 9 heteroatoms. The number of sulfonamides is 1. The summed E-state index contributed by atoms with van der Waals surface area (Å²) in [6.07, 6.45) is 1.48. The fraction of sp³-hybridized carbons (Fsp3) is 0.391. The van der Waals surface area contributed by atoms with Crippen molar-refractivity contribution in [1.29, 1.82) is 0 Å². The molecule has 0 aliphatic carbocycles. The highest BCUT2D eigenvalue weighted by Crippen LogP contribution is 2.35. The Bertz CT molecular complexity index is 1120. The van der Waals surface area contributed by atoms with E-state index in [4.69, 9.17) is 9.47 Å². The molecule has 3 rings (SSSR count). The van der Waals surface area contributed by atoms with Crippen molar-refractivity contribution in [1.82, 2.24) is 5.32 Å². The molecule has 2 aromatic rings. The summed E-state index contributed by atoms with van der Waals surface area (Å²) in [6.45, 7) is 5.29. The molecule has 0 radical (unpaired) electrons. The van der Waals surface area contributed by atoms with E-state index in [1.165, 1.54) is 29.6 Å². The molecule has 0 saturated carbocycles. The Morgan fingerprint density at radius 3 is 2.53 bits per heavy atom. The summed E-state index contributed by atoms with van der Waals surface area (Å²) in [5.74, 6) is -1.13. The van der Waals surface area contributed by atoms with Crippen molar-refractivity contribution in [2.75, 3.05) is 24.6 Å². The van der Waals surface area contributed by atoms with Gasteiger partial charge in [-0.2, -0.15) is 0 Å². The van der Waals surface area contributed by atoms with Gasteiger partial charge in [0.25, 0.3) is 15.9 Å². The summed E-state index contributed by atoms with van der Waals surface area (Å²) >= 11 is 0. The topological polar surface area (TPSA) is 102 Å². The number of ether oxygens (including phenoxy) is 2. The fourth-order valence-corrected chi connectivity index (χ4v) is 5.27. The lowest BCUT2D eigenvalue weighted by Crippen LogP contribution is -2.42. The molecule has 8 nitrogen and oxygen atoms in total. The fourth-order valence-electron chi connectivity index (χ4n) is 3.54. The first-order valence-electron chi connectivity index (χ1n) is 10.3. The Balaban J connectivity index is 1.88. The van der Waals surface area contributed by atoms with Crippen molar-refractivity contribution in [3.8, 4) is 5.75 Å². The third-order valence-corrected chi connectivity index (χ3v) is 6.72. The number of fused-ring (bicyclic) bond motifs is 1. The predicted octanol–water partition coefficient (Wildman–Crippen LogP) is 2.91. The van der Waals surface area contributed by atoms with Crippen LogP contribution in [0.3, 0.4) is 0 Å². The first-order valence-corrected chi connectivity index (χ1v) is 11.7. The number of hydrogen-bond acceptors (Lipinski definition) is 6. The summed E-state index contributed by atoms with van der Waals surface area (Å²) < 4.78 is 38.8. The molecule has 172 valence electrons. The van der Waals surface area contributed by atoms with Gasteiger partial charge in [0.1, 0.15) is 10.6 Å². The normalized spacial score (nSPS) is 13.8. The van der Waals surface area contributed by atoms with E-state index in [9.17, 15) is 18.0 Å². The number of carbonyl (C=O) groups is 2. The minimum Gasteiger partial charge on any atom is -0.495 e. The number of amides is 1. The number of aryl methyl sites for hydroxylation is 1. The zero-order valence-corrected chi connectivity index (χ0v) is 19.5. The molecule has 0 spiro atoms. The molecule has 1 N–H and O–H groups in total. The number of nitrogens with zero attached hydrogens (tertiary/aromatic N) is 1. The molecule has 32 heavy (non-hydrogen) atoms. The second-order valence-corrected chi connectivity index (χ2v) is 10.4. The van der Waals surface area contributed by atoms with Crippen LogP contribution in [0, 0.1) is 0 Å². The smallest absolute Gasteiger partial charge is 0.338 e. The first kappa shape index (κ1) is 23.6. The second kappa shape index (κ2) is 9.20. The maximum absolute atomic E-state index is 13.6. The van der Waals surface area contributed by atoms with E-state index in [1.54, 1.807) is 12.1 Å². The van der Waals surface area contributed by atoms with E-state index >= 15 is 0 Å². The lowest BCUT2D eigenvalue weighted by Gasteiger charge is -2.31. The Morgan fingerprint density at radius 2 is 1.84 bits per heavy atom. The lowest BCUT2D eigenvalue weighted by molar-refractivity contribution is -0.125. The first-order chi connectivity index (χ1) is 15.0. The molecule has 1 aliphatic rings. The van der Waals surface area contributed by atoms with Gasteiger partial charge in [-0.05, 0) is 63.4 Å². The van der Waals surface area contributed by atoms with Gasteiger partial charge in [0, 0.05) is 12.1 Å². The van der Waals surface area contributed by atoms with Crippen molar-refractivity contribution in [3.05, 3.63) is 53.6 Å². The van der Waals surface area contributed by atoms with Crippen LogP contribution in [-0.2, 0) is 26.0 Å². The molecule has 0 bridgehead atoms. The standard InChI is InChI=1S/C23H28N2O6S/c1-23(2,3)24-21(26)15-31-22(27)17-11-12-19(30-4)20(14-17)32(28,29)25-13-7-9-16-8-5-6-10-18(16)25/h5-6,8,10-12,14H,7,9,13,15H2,1-4H3,(H,24,26). The van der Waals surface area contributed by atoms with E-state index in [-0.39, 0.29) is 16.2 Å². The summed E-state index contributed by atoms with van der Waals surface area (Å²) in [5.41, 5.74) is 1.11. The number of esters is 1. The summed E-state index contributed by atoms with van der Waals surface area (Å²) in [6, 6.07) is 11.4. The van der Waals surface area contributed by atoms with Crippen molar-refractivity contribution in [2.24, 2.45) is 0 Å². The molecule has 0 unspecified atom stereocenters. The molecule has 1 aliphatic heterocycles. The van der Waals surface area contributed by atoms with Crippen LogP contribution in [0.2, 0.25) is 0 Å². The monoisotopic (exact) mass is 460 g/mol. The number of hydrogen-bond donors (Lipinski definition) is 1. The minimum absolute atomic E-state index is 0.0122. The second-order valence-electron chi connectivity index (χ2n) is 8.55. The molecule has 0 aromatic heterocycles. The summed E-state index contributed by atoms with van der Waals surface area (Å²) in [7, 11) is -2.64. The lowest BCUT2D eigenvalue weighted by atomic mass is 10.0. The van der Waals surface area contributed by atoms with Gasteiger partial charge in [-0.25, -0.2) is 13.2 Å². The number of para-hydroxylation sites is 1. The van der Waals surface area contributed by atoms with Gasteiger partial charge in [0.2, 0.25) is 0 Å². The predicted molar refractivity (Wildman–Crippen MR) is 120 cm³/mol. The molecular formula is C23H28N2O6S. The number of carbonyl (C=O) groups excluding carboxylic acids is 2. The van der Waals surface area contributed by atoms with Crippen LogP contribution in [0.4, 0.5) is 5.69 Å². The van der Waals surface area contributed by atoms with Crippen LogP contribution in [-0.4, -0.2) is 46.1 Å². The van der Waals surface area contributed by atoms with Crippen molar-refractivity contribution in [3.63, 3.8) is 0 Å². The van der Waals surface area contributed by atoms with E-state index in [0.29, 0.717) is 18.7 Å². The van der Waals surface area contributed by atoms with Crippen LogP contribution in [0.5, 0.6) is 5.75 Å². The van der Waals surface area contributed by atoms with E-state index in [2.05, 4.69) is 5.32 Å². The molecule has 1 heterocycles. The van der Waals surface area contributed by atoms with Crippen molar-refractivity contribution in [2.45, 2.75) is 44.0 Å². The molecule has 0 atom stereocenters. The van der Waals surface area contributed by atoms with Crippen molar-refractivity contribution >= 4 is 27.6 Å². The van der Waals surface area contributed by atoms with Crippen molar-refractivity contribution < 1.29 is 27.5 Å². The zero-order chi connectivity index (χ0) is 23.5. The number of nitrogens with one attached hydrogen (secondary N) is 1. The van der Waals surface area contributed by atoms with Gasteiger partial charge in [-0.1, -0.05) is 18.2 Å². The average Bonchev–Trinajstić information content (AvgIpc) is 2.75. The average molecular weight is 461 g/mol. The summed E-state index contributed by atoms with van der Waals surface area (Å²) in [4.78, 5) is 24.3. The van der Waals surface area contributed by atoms with Crippen LogP contribution < -0.4 is 14.4 Å². The summed E-state index contributed by atoms with van der Waals surface area (Å²) in [5, 5.41) is 2.69. The maximum Gasteiger partial charge on any atom is 0.338 e. The molecule has 0 saturated heterocycles. The highest BCUT2D eigenvalue weighted by atomic mass is 32.2. The Morgan fingerprint density at radius 1 is 1.12 bits per heavy atom. The zero-order valence-electron chi connectivity index (χ0n) is 18.7. The van der Waals surface area contributed by atoms with Gasteiger partial charge >= 0.3 is 5.97 Å². The third-order valence-electron chi connectivity index (χ3n) is 4.88. The number of rotatable bonds is 6. The Labute approximate surface area is 188 Å². The van der Waals surface area contributed by atoms with Gasteiger partial charge < -0.3 is 14.8 Å². The molecule has 1 amide bonds. The Hall–Kier alpha value is -3.07. The van der Waals surface area contributed by atoms with Crippen LogP contribution in [0.15, 0.2) is 47.4 Å². The Kier molecular flexibility index (Phi) is 6.78. The molecular weight excluding hydrogens is 432 g/mol. The maximum atomic E-state index is 13.6. The van der Waals surface area contributed by atoms with Crippen LogP contribution in [0.25, 0.3) is 0 Å². The largest absolute Gasteiger partial charge is 0.495 e. The van der Waals surface area contributed by atoms with E-state index < -0.39 is 34.0 Å². The minimum atomic E-state index is -4.01. The van der Waals surface area contributed by atoms with Gasteiger partial charge in [-0.3, -0.25) is 9.10 Å². The number of benzene rings is 2. The van der Waals surface area contributed by atoms with Gasteiger partial charge in [0.15, 0.2) is 6.61 Å². The van der Waals surface area contributed by atoms with E-state index in [1.807, 2.05) is 32.9 Å². The van der Waals surface area contributed by atoms with Gasteiger partial charge in [0.05, 0.1) is 18.4 Å². The SMILES string of the molecule is COc1ccc(C(=O)OCC(=O)NC(C)(C)C)cc1S(=O)(=O)N1CCCc2ccccc21. The molecule has 0 fully saturated rings. The van der Waals surface area contributed by atoms with E-state index in [0.717, 1.165) is 12.0 Å². The quantitative estimate of drug-likeness (QED) is 0.665. The van der Waals surface area contributed by atoms with Crippen LogP contribution >= 0.6 is 0 Å². The number of methoxy groups -OCH3 is 1. The molecule has 2 aromatic carbocycles. The van der Waals surface area contributed by atoms with Crippen LogP contribution in [0.1, 0.15) is 43.1 Å². The highest BCUT2D eigenvalue weighted by molar-refractivity contribution is 7.93.